The van der Waals surface area contributed by atoms with Crippen molar-refractivity contribution in [2.75, 3.05) is 11.9 Å². The zero-order valence-electron chi connectivity index (χ0n) is 13.4. The van der Waals surface area contributed by atoms with Crippen LogP contribution in [-0.2, 0) is 4.79 Å². The molecular formula is C19H20N2O2. The van der Waals surface area contributed by atoms with Crippen LogP contribution in [0.3, 0.4) is 0 Å². The van der Waals surface area contributed by atoms with Gasteiger partial charge in [0.05, 0.1) is 11.6 Å². The lowest BCUT2D eigenvalue weighted by Gasteiger charge is -2.15. The van der Waals surface area contributed by atoms with E-state index in [4.69, 9.17) is 10.00 Å². The number of nitriles is 1. The summed E-state index contributed by atoms with van der Waals surface area (Å²) in [7, 11) is 0. The first-order valence-electron chi connectivity index (χ1n) is 7.65. The molecule has 0 aliphatic rings. The molecule has 1 N–H and O–H groups in total. The molecule has 0 saturated carbocycles. The second kappa shape index (κ2) is 8.00. The summed E-state index contributed by atoms with van der Waals surface area (Å²) in [4.78, 5) is 12.0. The topological polar surface area (TPSA) is 62.1 Å². The van der Waals surface area contributed by atoms with E-state index >= 15 is 0 Å². The van der Waals surface area contributed by atoms with Crippen LogP contribution in [0, 0.1) is 11.3 Å². The molecule has 1 unspecified atom stereocenters. The summed E-state index contributed by atoms with van der Waals surface area (Å²) in [6, 6.07) is 16.6. The molecule has 1 atom stereocenters. The Kier molecular flexibility index (Phi) is 5.76. The molecular weight excluding hydrogens is 288 g/mol. The quantitative estimate of drug-likeness (QED) is 0.874. The molecule has 2 rings (SSSR count). The van der Waals surface area contributed by atoms with Crippen LogP contribution >= 0.6 is 0 Å². The number of hydrogen-bond donors (Lipinski definition) is 1. The maximum absolute atomic E-state index is 12.0. The highest BCUT2D eigenvalue weighted by Crippen LogP contribution is 2.28. The number of nitrogens with zero attached hydrogens (tertiary/aromatic N) is 1. The first-order valence-corrected chi connectivity index (χ1v) is 7.65. The number of hydrogen-bond acceptors (Lipinski definition) is 3. The van der Waals surface area contributed by atoms with Crippen molar-refractivity contribution in [3.05, 3.63) is 59.7 Å². The summed E-state index contributed by atoms with van der Waals surface area (Å²) >= 11 is 0. The molecule has 0 aliphatic heterocycles. The summed E-state index contributed by atoms with van der Waals surface area (Å²) in [5.41, 5.74) is 2.20. The smallest absolute Gasteiger partial charge is 0.262 e. The van der Waals surface area contributed by atoms with Crippen LogP contribution in [0.2, 0.25) is 0 Å². The van der Waals surface area contributed by atoms with Crippen molar-refractivity contribution in [1.29, 1.82) is 5.26 Å². The molecule has 23 heavy (non-hydrogen) atoms. The van der Waals surface area contributed by atoms with Gasteiger partial charge in [-0.15, -0.1) is 0 Å². The number of carbonyl (C=O) groups excluding carboxylic acids is 1. The summed E-state index contributed by atoms with van der Waals surface area (Å²) in [5, 5.41) is 11.6. The number of anilines is 1. The van der Waals surface area contributed by atoms with Gasteiger partial charge >= 0.3 is 0 Å². The molecule has 2 aromatic carbocycles. The molecule has 0 saturated heterocycles. The van der Waals surface area contributed by atoms with Crippen LogP contribution in [0.1, 0.15) is 37.3 Å². The molecule has 0 radical (unpaired) electrons. The highest BCUT2D eigenvalue weighted by Gasteiger charge is 2.11. The highest BCUT2D eigenvalue weighted by molar-refractivity contribution is 5.92. The molecule has 0 aromatic heterocycles. The fraction of sp³-hybridized carbons (Fsp3) is 0.263. The normalized spacial score (nSPS) is 11.3. The van der Waals surface area contributed by atoms with E-state index in [1.54, 1.807) is 24.3 Å². The lowest BCUT2D eigenvalue weighted by Crippen LogP contribution is -2.20. The Hall–Kier alpha value is -2.80. The number of carbonyl (C=O) groups is 1. The number of para-hydroxylation sites is 1. The Bertz CT molecular complexity index is 719. The largest absolute Gasteiger partial charge is 0.483 e. The van der Waals surface area contributed by atoms with Crippen LogP contribution in [0.25, 0.3) is 0 Å². The van der Waals surface area contributed by atoms with E-state index in [0.29, 0.717) is 17.2 Å². The van der Waals surface area contributed by atoms with E-state index in [2.05, 4.69) is 19.2 Å². The van der Waals surface area contributed by atoms with Gasteiger partial charge in [-0.2, -0.15) is 5.26 Å². The molecule has 4 nitrogen and oxygen atoms in total. The van der Waals surface area contributed by atoms with Gasteiger partial charge in [0.1, 0.15) is 5.75 Å². The van der Waals surface area contributed by atoms with E-state index in [0.717, 1.165) is 17.7 Å². The van der Waals surface area contributed by atoms with Crippen molar-refractivity contribution in [1.82, 2.24) is 0 Å². The third kappa shape index (κ3) is 4.58. The maximum atomic E-state index is 12.0. The molecule has 0 spiro atoms. The molecule has 0 fully saturated rings. The molecule has 0 heterocycles. The summed E-state index contributed by atoms with van der Waals surface area (Å²) in [6.07, 6.45) is 1.01. The molecule has 0 aliphatic carbocycles. The SMILES string of the molecule is CCC(C)c1ccccc1OCC(=O)Nc1cccc(C#N)c1. The van der Waals surface area contributed by atoms with Gasteiger partial charge in [-0.25, -0.2) is 0 Å². The minimum atomic E-state index is -0.251. The second-order valence-electron chi connectivity index (χ2n) is 5.38. The first kappa shape index (κ1) is 16.6. The van der Waals surface area contributed by atoms with Gasteiger partial charge in [0.2, 0.25) is 0 Å². The lowest BCUT2D eigenvalue weighted by molar-refractivity contribution is -0.118. The van der Waals surface area contributed by atoms with Crippen molar-refractivity contribution in [2.24, 2.45) is 0 Å². The van der Waals surface area contributed by atoms with Crippen molar-refractivity contribution in [3.8, 4) is 11.8 Å². The number of ether oxygens (including phenoxy) is 1. The van der Waals surface area contributed by atoms with Crippen LogP contribution in [-0.4, -0.2) is 12.5 Å². The molecule has 2 aromatic rings. The lowest BCUT2D eigenvalue weighted by atomic mass is 9.98. The predicted octanol–water partition coefficient (Wildman–Crippen LogP) is 4.09. The van der Waals surface area contributed by atoms with Gasteiger partial charge in [0.15, 0.2) is 6.61 Å². The van der Waals surface area contributed by atoms with Crippen LogP contribution in [0.4, 0.5) is 5.69 Å². The van der Waals surface area contributed by atoms with Crippen molar-refractivity contribution in [2.45, 2.75) is 26.2 Å². The molecule has 118 valence electrons. The van der Waals surface area contributed by atoms with E-state index in [1.165, 1.54) is 0 Å². The van der Waals surface area contributed by atoms with Gasteiger partial charge in [-0.3, -0.25) is 4.79 Å². The fourth-order valence-corrected chi connectivity index (χ4v) is 2.25. The summed E-state index contributed by atoms with van der Waals surface area (Å²) < 4.78 is 5.67. The Balaban J connectivity index is 1.98. The number of nitrogens with one attached hydrogen (secondary N) is 1. The van der Waals surface area contributed by atoms with E-state index in [9.17, 15) is 4.79 Å². The third-order valence-electron chi connectivity index (χ3n) is 3.70. The second-order valence-corrected chi connectivity index (χ2v) is 5.38. The third-order valence-corrected chi connectivity index (χ3v) is 3.70. The Labute approximate surface area is 136 Å². The van der Waals surface area contributed by atoms with E-state index in [-0.39, 0.29) is 12.5 Å². The van der Waals surface area contributed by atoms with Crippen LogP contribution in [0.5, 0.6) is 5.75 Å². The average Bonchev–Trinajstić information content (AvgIpc) is 2.59. The van der Waals surface area contributed by atoms with Gasteiger partial charge in [-0.1, -0.05) is 38.1 Å². The summed E-state index contributed by atoms with van der Waals surface area (Å²) in [6.45, 7) is 4.19. The molecule has 1 amide bonds. The van der Waals surface area contributed by atoms with Crippen molar-refractivity contribution < 1.29 is 9.53 Å². The van der Waals surface area contributed by atoms with E-state index < -0.39 is 0 Å². The van der Waals surface area contributed by atoms with Crippen molar-refractivity contribution in [3.63, 3.8) is 0 Å². The minimum Gasteiger partial charge on any atom is -0.483 e. The zero-order valence-corrected chi connectivity index (χ0v) is 13.4. The van der Waals surface area contributed by atoms with Crippen molar-refractivity contribution >= 4 is 11.6 Å². The molecule has 0 bridgehead atoms. The number of amides is 1. The number of rotatable bonds is 6. The van der Waals surface area contributed by atoms with Gasteiger partial charge in [-0.05, 0) is 42.2 Å². The van der Waals surface area contributed by atoms with Crippen LogP contribution < -0.4 is 10.1 Å². The van der Waals surface area contributed by atoms with Gasteiger partial charge < -0.3 is 10.1 Å². The Morgan fingerprint density at radius 1 is 1.26 bits per heavy atom. The monoisotopic (exact) mass is 308 g/mol. The number of benzene rings is 2. The van der Waals surface area contributed by atoms with Gasteiger partial charge in [0.25, 0.3) is 5.91 Å². The Morgan fingerprint density at radius 3 is 2.78 bits per heavy atom. The average molecular weight is 308 g/mol. The maximum Gasteiger partial charge on any atom is 0.262 e. The highest BCUT2D eigenvalue weighted by atomic mass is 16.5. The fourth-order valence-electron chi connectivity index (χ4n) is 2.25. The van der Waals surface area contributed by atoms with E-state index in [1.807, 2.05) is 30.3 Å². The summed E-state index contributed by atoms with van der Waals surface area (Å²) in [5.74, 6) is 0.864. The minimum absolute atomic E-state index is 0.0652. The predicted molar refractivity (Wildman–Crippen MR) is 90.4 cm³/mol. The van der Waals surface area contributed by atoms with Gasteiger partial charge in [0, 0.05) is 5.69 Å². The zero-order chi connectivity index (χ0) is 16.7. The Morgan fingerprint density at radius 2 is 2.04 bits per heavy atom. The standard InChI is InChI=1S/C19H20N2O2/c1-3-14(2)17-9-4-5-10-18(17)23-13-19(22)21-16-8-6-7-15(11-16)12-20/h4-11,14H,3,13H2,1-2H3,(H,21,22). The molecule has 4 heteroatoms. The van der Waals surface area contributed by atoms with Crippen LogP contribution in [0.15, 0.2) is 48.5 Å². The first-order chi connectivity index (χ1) is 11.1.